The predicted octanol–water partition coefficient (Wildman–Crippen LogP) is 4.61. The second kappa shape index (κ2) is 6.51. The molecule has 1 aromatic heterocycles. The Bertz CT molecular complexity index is 553. The van der Waals surface area contributed by atoms with E-state index in [4.69, 9.17) is 11.6 Å². The third-order valence-corrected chi connectivity index (χ3v) is 4.72. The number of hydrogen-bond acceptors (Lipinski definition) is 2. The van der Waals surface area contributed by atoms with Crippen molar-refractivity contribution in [3.8, 4) is 0 Å². The van der Waals surface area contributed by atoms with E-state index in [1.807, 2.05) is 7.05 Å². The maximum Gasteiger partial charge on any atom is 0.146 e. The monoisotopic (exact) mass is 297 g/mol. The molecular formula is C15H17ClFNS. The van der Waals surface area contributed by atoms with Crippen molar-refractivity contribution in [2.75, 3.05) is 7.05 Å². The first-order valence-corrected chi connectivity index (χ1v) is 7.54. The molecule has 0 aliphatic rings. The fourth-order valence-electron chi connectivity index (χ4n) is 2.08. The van der Waals surface area contributed by atoms with Gasteiger partial charge in [0.25, 0.3) is 0 Å². The van der Waals surface area contributed by atoms with Crippen LogP contribution in [-0.4, -0.2) is 7.05 Å². The van der Waals surface area contributed by atoms with E-state index < -0.39 is 0 Å². The van der Waals surface area contributed by atoms with Gasteiger partial charge in [0, 0.05) is 27.8 Å². The average Bonchev–Trinajstić information content (AvgIpc) is 2.87. The van der Waals surface area contributed by atoms with Crippen LogP contribution in [0, 0.1) is 5.82 Å². The van der Waals surface area contributed by atoms with Crippen LogP contribution < -0.4 is 5.32 Å². The smallest absolute Gasteiger partial charge is 0.146 e. The molecule has 0 spiro atoms. The molecule has 1 atom stereocenters. The Morgan fingerprint density at radius 1 is 1.26 bits per heavy atom. The van der Waals surface area contributed by atoms with E-state index in [0.29, 0.717) is 5.56 Å². The maximum absolute atomic E-state index is 14.0. The molecule has 102 valence electrons. The number of halogens is 2. The Kier molecular flexibility index (Phi) is 4.97. The first kappa shape index (κ1) is 14.5. The van der Waals surface area contributed by atoms with Crippen molar-refractivity contribution in [3.05, 3.63) is 56.5 Å². The first-order chi connectivity index (χ1) is 9.15. The Balaban J connectivity index is 2.22. The summed E-state index contributed by atoms with van der Waals surface area (Å²) in [5, 5.41) is 3.35. The van der Waals surface area contributed by atoms with Crippen LogP contribution in [0.2, 0.25) is 5.02 Å². The Labute approximate surface area is 122 Å². The molecule has 1 heterocycles. The molecule has 1 nitrogen and oxygen atoms in total. The van der Waals surface area contributed by atoms with E-state index in [2.05, 4.69) is 24.4 Å². The Morgan fingerprint density at radius 2 is 2.00 bits per heavy atom. The summed E-state index contributed by atoms with van der Waals surface area (Å²) in [6, 6.07) is 9.36. The highest BCUT2D eigenvalue weighted by Gasteiger charge is 2.17. The second-order valence-electron chi connectivity index (χ2n) is 4.41. The van der Waals surface area contributed by atoms with Crippen molar-refractivity contribution in [2.45, 2.75) is 25.8 Å². The van der Waals surface area contributed by atoms with Crippen LogP contribution in [0.3, 0.4) is 0 Å². The van der Waals surface area contributed by atoms with Crippen molar-refractivity contribution in [1.29, 1.82) is 0 Å². The van der Waals surface area contributed by atoms with Gasteiger partial charge >= 0.3 is 0 Å². The lowest BCUT2D eigenvalue weighted by Crippen LogP contribution is -2.19. The minimum Gasteiger partial charge on any atom is -0.313 e. The average molecular weight is 298 g/mol. The molecule has 1 unspecified atom stereocenters. The molecular weight excluding hydrogens is 281 g/mol. The number of aryl methyl sites for hydroxylation is 1. The van der Waals surface area contributed by atoms with Crippen LogP contribution in [-0.2, 0) is 12.8 Å². The normalized spacial score (nSPS) is 12.6. The van der Waals surface area contributed by atoms with E-state index >= 15 is 0 Å². The van der Waals surface area contributed by atoms with Gasteiger partial charge in [-0.1, -0.05) is 30.7 Å². The van der Waals surface area contributed by atoms with Crippen molar-refractivity contribution >= 4 is 22.9 Å². The van der Waals surface area contributed by atoms with Crippen LogP contribution in [0.25, 0.3) is 0 Å². The summed E-state index contributed by atoms with van der Waals surface area (Å²) in [7, 11) is 1.85. The van der Waals surface area contributed by atoms with Gasteiger partial charge in [-0.25, -0.2) is 4.39 Å². The highest BCUT2D eigenvalue weighted by atomic mass is 35.5. The highest BCUT2D eigenvalue weighted by molar-refractivity contribution is 7.11. The standard InChI is InChI=1S/C15H17ClFNS/c1-3-10-7-8-11(19-10)9-14(18-2)12-5-4-6-13(16)15(12)17/h4-8,14,18H,3,9H2,1-2H3. The zero-order valence-electron chi connectivity index (χ0n) is 11.0. The van der Waals surface area contributed by atoms with Gasteiger partial charge in [0.05, 0.1) is 5.02 Å². The highest BCUT2D eigenvalue weighted by Crippen LogP contribution is 2.28. The Hall–Kier alpha value is -0.900. The molecule has 1 aromatic carbocycles. The first-order valence-electron chi connectivity index (χ1n) is 6.34. The summed E-state index contributed by atoms with van der Waals surface area (Å²) < 4.78 is 14.0. The minimum absolute atomic E-state index is 0.0537. The molecule has 19 heavy (non-hydrogen) atoms. The lowest BCUT2D eigenvalue weighted by molar-refractivity contribution is 0.536. The fourth-order valence-corrected chi connectivity index (χ4v) is 3.27. The SMILES string of the molecule is CCc1ccc(CC(NC)c2cccc(Cl)c2F)s1. The number of hydrogen-bond donors (Lipinski definition) is 1. The molecule has 4 heteroatoms. The molecule has 1 N–H and O–H groups in total. The minimum atomic E-state index is -0.323. The largest absolute Gasteiger partial charge is 0.313 e. The third-order valence-electron chi connectivity index (χ3n) is 3.18. The topological polar surface area (TPSA) is 12.0 Å². The van der Waals surface area contributed by atoms with E-state index in [1.54, 1.807) is 29.5 Å². The van der Waals surface area contributed by atoms with Crippen LogP contribution in [0.1, 0.15) is 28.3 Å². The quantitative estimate of drug-likeness (QED) is 0.850. The number of rotatable bonds is 5. The maximum atomic E-state index is 14.0. The molecule has 0 fully saturated rings. The molecule has 2 rings (SSSR count). The lowest BCUT2D eigenvalue weighted by Gasteiger charge is -2.17. The van der Waals surface area contributed by atoms with E-state index in [1.165, 1.54) is 9.75 Å². The van der Waals surface area contributed by atoms with Gasteiger partial charge in [-0.3, -0.25) is 0 Å². The van der Waals surface area contributed by atoms with E-state index in [-0.39, 0.29) is 16.9 Å². The number of thiophene rings is 1. The summed E-state index contributed by atoms with van der Waals surface area (Å²) in [5.41, 5.74) is 0.626. The summed E-state index contributed by atoms with van der Waals surface area (Å²) in [6.07, 6.45) is 1.82. The van der Waals surface area contributed by atoms with Crippen LogP contribution in [0.5, 0.6) is 0 Å². The van der Waals surface area contributed by atoms with Crippen molar-refractivity contribution in [2.24, 2.45) is 0 Å². The van der Waals surface area contributed by atoms with Gasteiger partial charge in [-0.15, -0.1) is 11.3 Å². The van der Waals surface area contributed by atoms with Crippen molar-refractivity contribution in [3.63, 3.8) is 0 Å². The van der Waals surface area contributed by atoms with Crippen LogP contribution in [0.15, 0.2) is 30.3 Å². The van der Waals surface area contributed by atoms with Crippen molar-refractivity contribution < 1.29 is 4.39 Å². The summed E-state index contributed by atoms with van der Waals surface area (Å²) in [4.78, 5) is 2.62. The fraction of sp³-hybridized carbons (Fsp3) is 0.333. The molecule has 0 saturated carbocycles. The Morgan fingerprint density at radius 3 is 2.63 bits per heavy atom. The van der Waals surface area contributed by atoms with Gasteiger partial charge in [0.2, 0.25) is 0 Å². The molecule has 0 aliphatic heterocycles. The van der Waals surface area contributed by atoms with Crippen LogP contribution in [0.4, 0.5) is 4.39 Å². The van der Waals surface area contributed by atoms with Crippen molar-refractivity contribution in [1.82, 2.24) is 5.32 Å². The molecule has 2 aromatic rings. The summed E-state index contributed by atoms with van der Waals surface area (Å²) >= 11 is 7.63. The zero-order valence-corrected chi connectivity index (χ0v) is 12.6. The predicted molar refractivity (Wildman–Crippen MR) is 80.6 cm³/mol. The summed E-state index contributed by atoms with van der Waals surface area (Å²) in [5.74, 6) is -0.323. The molecule has 0 radical (unpaired) electrons. The second-order valence-corrected chi connectivity index (χ2v) is 6.07. The van der Waals surface area contributed by atoms with Gasteiger partial charge in [-0.05, 0) is 31.7 Å². The number of likely N-dealkylation sites (N-methyl/N-ethyl adjacent to an activating group) is 1. The molecule has 0 saturated heterocycles. The number of nitrogens with one attached hydrogen (secondary N) is 1. The summed E-state index contributed by atoms with van der Waals surface area (Å²) in [6.45, 7) is 2.14. The molecule has 0 aliphatic carbocycles. The van der Waals surface area contributed by atoms with E-state index in [0.717, 1.165) is 12.8 Å². The van der Waals surface area contributed by atoms with E-state index in [9.17, 15) is 4.39 Å². The van der Waals surface area contributed by atoms with Gasteiger partial charge in [0.15, 0.2) is 0 Å². The zero-order chi connectivity index (χ0) is 13.8. The van der Waals surface area contributed by atoms with Crippen LogP contribution >= 0.6 is 22.9 Å². The third kappa shape index (κ3) is 3.35. The molecule has 0 amide bonds. The van der Waals surface area contributed by atoms with Gasteiger partial charge in [-0.2, -0.15) is 0 Å². The molecule has 0 bridgehead atoms. The lowest BCUT2D eigenvalue weighted by atomic mass is 10.0. The van der Waals surface area contributed by atoms with Gasteiger partial charge < -0.3 is 5.32 Å². The number of benzene rings is 1. The van der Waals surface area contributed by atoms with Gasteiger partial charge in [0.1, 0.15) is 5.82 Å².